The van der Waals surface area contributed by atoms with Crippen molar-refractivity contribution in [3.05, 3.63) is 70.5 Å². The Bertz CT molecular complexity index is 977. The molecule has 1 saturated heterocycles. The summed E-state index contributed by atoms with van der Waals surface area (Å²) in [5.41, 5.74) is 1.01. The van der Waals surface area contributed by atoms with Crippen LogP contribution in [0.1, 0.15) is 78.0 Å². The number of hydrogen-bond acceptors (Lipinski definition) is 3. The SMILES string of the molecule is C1=C\CC/C=C\CC/1.CC1(C)OC[C@H](n2cnn(C(C)(C)C)[c]2=[Rh][Cl])[C@H](c2ccccc2)O1. The van der Waals surface area contributed by atoms with E-state index in [2.05, 4.69) is 66.9 Å². The Labute approximate surface area is 209 Å². The molecule has 1 aliphatic heterocycles. The summed E-state index contributed by atoms with van der Waals surface area (Å²) in [6.07, 6.45) is 15.7. The Morgan fingerprint density at radius 1 is 1.00 bits per heavy atom. The molecule has 4 rings (SSSR count). The molecule has 184 valence electrons. The fourth-order valence-electron chi connectivity index (χ4n) is 3.82. The van der Waals surface area contributed by atoms with Gasteiger partial charge in [0, 0.05) is 0 Å². The van der Waals surface area contributed by atoms with Crippen molar-refractivity contribution in [1.29, 1.82) is 0 Å². The van der Waals surface area contributed by atoms with Gasteiger partial charge in [-0.2, -0.15) is 0 Å². The molecule has 0 amide bonds. The van der Waals surface area contributed by atoms with Gasteiger partial charge < -0.3 is 0 Å². The fraction of sp³-hybridized carbons (Fsp3) is 0.538. The van der Waals surface area contributed by atoms with Crippen LogP contribution in [0.4, 0.5) is 0 Å². The van der Waals surface area contributed by atoms with Gasteiger partial charge in [-0.1, -0.05) is 24.3 Å². The van der Waals surface area contributed by atoms with Crippen LogP contribution < -0.4 is 0 Å². The molecule has 2 aliphatic rings. The zero-order valence-electron chi connectivity index (χ0n) is 20.3. The van der Waals surface area contributed by atoms with Gasteiger partial charge in [-0.3, -0.25) is 0 Å². The van der Waals surface area contributed by atoms with Crippen molar-refractivity contribution < 1.29 is 25.2 Å². The van der Waals surface area contributed by atoms with E-state index in [0.29, 0.717) is 6.61 Å². The number of hydrogen-bond donors (Lipinski definition) is 0. The molecule has 1 fully saturated rings. The predicted octanol–water partition coefficient (Wildman–Crippen LogP) is 6.95. The number of rotatable bonds is 2. The van der Waals surface area contributed by atoms with Crippen LogP contribution in [0, 0.1) is 4.01 Å². The second-order valence-electron chi connectivity index (χ2n) is 9.76. The van der Waals surface area contributed by atoms with Crippen LogP contribution in [0.5, 0.6) is 0 Å². The van der Waals surface area contributed by atoms with Crippen molar-refractivity contribution in [3.8, 4) is 0 Å². The Morgan fingerprint density at radius 3 is 2.09 bits per heavy atom. The van der Waals surface area contributed by atoms with Crippen LogP contribution in [0.15, 0.2) is 61.0 Å². The van der Waals surface area contributed by atoms with E-state index in [0.717, 1.165) is 9.58 Å². The first-order valence-electron chi connectivity index (χ1n) is 11.6. The normalized spacial score (nSPS) is 25.8. The average molecular weight is 562 g/mol. The van der Waals surface area contributed by atoms with E-state index < -0.39 is 5.79 Å². The average Bonchev–Trinajstić information content (AvgIpc) is 3.18. The third kappa shape index (κ3) is 7.33. The molecule has 2 atom stereocenters. The van der Waals surface area contributed by atoms with Gasteiger partial charge in [0.2, 0.25) is 0 Å². The molecule has 0 spiro atoms. The van der Waals surface area contributed by atoms with Gasteiger partial charge in [0.05, 0.1) is 0 Å². The molecule has 7 heteroatoms. The van der Waals surface area contributed by atoms with Gasteiger partial charge in [0.25, 0.3) is 0 Å². The Balaban J connectivity index is 0.000000323. The molecule has 0 bridgehead atoms. The second-order valence-corrected chi connectivity index (χ2v) is 11.5. The molecule has 0 N–H and O–H groups in total. The van der Waals surface area contributed by atoms with E-state index in [1.54, 1.807) is 0 Å². The predicted molar refractivity (Wildman–Crippen MR) is 130 cm³/mol. The summed E-state index contributed by atoms with van der Waals surface area (Å²) in [6.45, 7) is 10.8. The number of benzene rings is 1. The molecule has 33 heavy (non-hydrogen) atoms. The van der Waals surface area contributed by atoms with Crippen LogP contribution in [0.25, 0.3) is 0 Å². The first-order chi connectivity index (χ1) is 15.7. The monoisotopic (exact) mass is 561 g/mol. The molecule has 0 unspecified atom stereocenters. The quantitative estimate of drug-likeness (QED) is 0.294. The molecule has 2 heterocycles. The van der Waals surface area contributed by atoms with Crippen LogP contribution >= 0.6 is 9.69 Å². The molecule has 0 radical (unpaired) electrons. The van der Waals surface area contributed by atoms with Crippen molar-refractivity contribution in [2.45, 2.75) is 83.8 Å². The molecular weight excluding hydrogens is 525 g/mol. The van der Waals surface area contributed by atoms with Crippen LogP contribution in [-0.2, 0) is 30.7 Å². The van der Waals surface area contributed by atoms with Crippen LogP contribution in [0.3, 0.4) is 0 Å². The van der Waals surface area contributed by atoms with E-state index in [4.69, 9.17) is 19.2 Å². The number of aromatic nitrogens is 3. The van der Waals surface area contributed by atoms with Gasteiger partial charge in [-0.25, -0.2) is 0 Å². The first-order valence-corrected chi connectivity index (χ1v) is 14.5. The van der Waals surface area contributed by atoms with E-state index in [1.165, 1.54) is 25.7 Å². The van der Waals surface area contributed by atoms with Crippen LogP contribution in [-0.4, -0.2) is 26.7 Å². The van der Waals surface area contributed by atoms with Gasteiger partial charge in [-0.15, -0.1) is 0 Å². The van der Waals surface area contributed by atoms with Crippen molar-refractivity contribution in [1.82, 2.24) is 14.3 Å². The zero-order valence-corrected chi connectivity index (χ0v) is 22.7. The standard InChI is InChI=1S/C18H25N3O2.C8H12.ClH.Rh/c1-17(2,3)21-13-20(12-19-21)15-11-22-18(4,5)23-16(15)14-9-7-6-8-10-14;1-2-4-6-8-7-5-3-1;;/h6-10,12,15-16H,11H2,1-5H3;1-2,7-8H,3-6H2;1H;/q;;;+1/p-1/b;2-1-,8-7-;;/t15-,16-;;;/m0.../s1. The summed E-state index contributed by atoms with van der Waals surface area (Å²) in [5, 5.41) is 4.60. The van der Waals surface area contributed by atoms with Gasteiger partial charge in [0.15, 0.2) is 0 Å². The summed E-state index contributed by atoms with van der Waals surface area (Å²) in [4.78, 5) is 0. The van der Waals surface area contributed by atoms with Gasteiger partial charge >= 0.3 is 160 Å². The van der Waals surface area contributed by atoms with E-state index in [-0.39, 0.29) is 33.4 Å². The summed E-state index contributed by atoms with van der Waals surface area (Å²) < 4.78 is 17.4. The first kappa shape index (κ1) is 26.3. The summed E-state index contributed by atoms with van der Waals surface area (Å²) in [5.74, 6) is -0.621. The van der Waals surface area contributed by atoms with E-state index >= 15 is 0 Å². The van der Waals surface area contributed by atoms with Crippen molar-refractivity contribution in [2.75, 3.05) is 6.61 Å². The topological polar surface area (TPSA) is 41.2 Å². The van der Waals surface area contributed by atoms with Crippen molar-refractivity contribution >= 4 is 9.69 Å². The van der Waals surface area contributed by atoms with Crippen molar-refractivity contribution in [3.63, 3.8) is 0 Å². The maximum absolute atomic E-state index is 6.36. The molecule has 0 saturated carbocycles. The molecule has 1 aromatic heterocycles. The minimum atomic E-state index is -0.621. The minimum absolute atomic E-state index is 0.0100. The van der Waals surface area contributed by atoms with E-state index in [1.807, 2.05) is 43.1 Å². The van der Waals surface area contributed by atoms with Crippen molar-refractivity contribution in [2.24, 2.45) is 0 Å². The summed E-state index contributed by atoms with van der Waals surface area (Å²) in [7, 11) is 6.36. The number of halogens is 1. The number of nitrogens with zero attached hydrogens (tertiary/aromatic N) is 3. The van der Waals surface area contributed by atoms with Gasteiger partial charge in [-0.05, 0) is 25.7 Å². The Morgan fingerprint density at radius 2 is 1.58 bits per heavy atom. The Hall–Kier alpha value is -1.33. The zero-order chi connectivity index (χ0) is 23.9. The molecule has 1 aromatic carbocycles. The molecule has 5 nitrogen and oxygen atoms in total. The van der Waals surface area contributed by atoms with E-state index in [9.17, 15) is 0 Å². The second kappa shape index (κ2) is 11.9. The molecule has 2 aromatic rings. The third-order valence-corrected chi connectivity index (χ3v) is 7.24. The maximum atomic E-state index is 6.36. The Kier molecular flexibility index (Phi) is 9.46. The summed E-state index contributed by atoms with van der Waals surface area (Å²) in [6, 6.07) is 10.3. The number of allylic oxidation sites excluding steroid dienone is 4. The van der Waals surface area contributed by atoms with Gasteiger partial charge in [0.1, 0.15) is 0 Å². The third-order valence-electron chi connectivity index (χ3n) is 5.53. The molecular formula is C26H37ClN3O2Rh. The fourth-order valence-corrected chi connectivity index (χ4v) is 5.83. The molecule has 1 aliphatic carbocycles. The number of ether oxygens (including phenoxy) is 2. The summed E-state index contributed by atoms with van der Waals surface area (Å²) >= 11 is -0.296. The van der Waals surface area contributed by atoms with Crippen LogP contribution in [0.2, 0.25) is 0 Å².